The molecule has 2 heterocycles. The maximum absolute atomic E-state index is 4.10. The van der Waals surface area contributed by atoms with Gasteiger partial charge in [0.2, 0.25) is 0 Å². The molecule has 1 saturated heterocycles. The molecule has 2 atom stereocenters. The summed E-state index contributed by atoms with van der Waals surface area (Å²) in [5.41, 5.74) is 4.31. The molecule has 1 aliphatic heterocycles. The normalized spacial score (nSPS) is 27.1. The van der Waals surface area contributed by atoms with Gasteiger partial charge in [0.15, 0.2) is 0 Å². The molecule has 0 bridgehead atoms. The van der Waals surface area contributed by atoms with Gasteiger partial charge in [0.05, 0.1) is 0 Å². The highest BCUT2D eigenvalue weighted by Gasteiger charge is 2.32. The summed E-state index contributed by atoms with van der Waals surface area (Å²) in [6.45, 7) is 1.18. The first kappa shape index (κ1) is 9.72. The van der Waals surface area contributed by atoms with Crippen LogP contribution in [0, 0.1) is 7.05 Å². The summed E-state index contributed by atoms with van der Waals surface area (Å²) in [6, 6.07) is 7.33. The number of benzene rings is 1. The lowest BCUT2D eigenvalue weighted by Crippen LogP contribution is -2.43. The Hall–Kier alpha value is -1.28. The molecule has 0 amide bonds. The van der Waals surface area contributed by atoms with Gasteiger partial charge in [-0.15, -0.1) is 0 Å². The summed E-state index contributed by atoms with van der Waals surface area (Å²) in [5.74, 6) is 0.711. The van der Waals surface area contributed by atoms with E-state index in [1.54, 1.807) is 5.56 Å². The minimum Gasteiger partial charge on any atom is -0.345 e. The fourth-order valence-corrected chi connectivity index (χ4v) is 3.71. The third-order valence-corrected chi connectivity index (χ3v) is 4.44. The first-order chi connectivity index (χ1) is 8.34. The molecule has 2 aromatic rings. The number of piperidine rings is 1. The van der Waals surface area contributed by atoms with Gasteiger partial charge in [0.25, 0.3) is 0 Å². The average molecular weight is 225 g/mol. The van der Waals surface area contributed by atoms with E-state index >= 15 is 0 Å². The van der Waals surface area contributed by atoms with E-state index in [-0.39, 0.29) is 0 Å². The SMILES string of the molecule is [CH2]n1cc2c3c(cccc31)[C@H]1CCCN[C@@H]1C2. The van der Waals surface area contributed by atoms with Crippen LogP contribution in [0.5, 0.6) is 0 Å². The Balaban J connectivity index is 2.00. The molecule has 0 saturated carbocycles. The van der Waals surface area contributed by atoms with Crippen LogP contribution in [0.1, 0.15) is 29.9 Å². The van der Waals surface area contributed by atoms with Crippen LogP contribution in [-0.4, -0.2) is 17.2 Å². The maximum Gasteiger partial charge on any atom is 0.0486 e. The Kier molecular flexibility index (Phi) is 1.92. The predicted octanol–water partition coefficient (Wildman–Crippen LogP) is 2.67. The van der Waals surface area contributed by atoms with E-state index in [1.165, 1.54) is 42.3 Å². The summed E-state index contributed by atoms with van der Waals surface area (Å²) in [6.07, 6.45) is 6.01. The lowest BCUT2D eigenvalue weighted by atomic mass is 9.76. The Morgan fingerprint density at radius 3 is 3.24 bits per heavy atom. The van der Waals surface area contributed by atoms with Crippen molar-refractivity contribution in [3.05, 3.63) is 42.6 Å². The highest BCUT2D eigenvalue weighted by molar-refractivity contribution is 5.89. The van der Waals surface area contributed by atoms with Gasteiger partial charge in [0, 0.05) is 36.1 Å². The molecular weight excluding hydrogens is 208 g/mol. The number of rotatable bonds is 0. The molecule has 4 rings (SSSR count). The van der Waals surface area contributed by atoms with Gasteiger partial charge in [-0.05, 0) is 43.0 Å². The first-order valence-corrected chi connectivity index (χ1v) is 6.52. The van der Waals surface area contributed by atoms with Crippen molar-refractivity contribution in [3.8, 4) is 0 Å². The molecule has 1 radical (unpaired) electrons. The van der Waals surface area contributed by atoms with Crippen molar-refractivity contribution >= 4 is 10.9 Å². The van der Waals surface area contributed by atoms with Crippen LogP contribution in [0.3, 0.4) is 0 Å². The standard InChI is InChI=1S/C15H17N2/c1-17-9-10-8-13-11(5-3-7-16-13)12-4-2-6-14(17)15(10)12/h2,4,6,9,11,13,16H,1,3,5,7-8H2/t11-,13-/m1/s1. The third-order valence-electron chi connectivity index (χ3n) is 4.44. The Labute approximate surface area is 102 Å². The lowest BCUT2D eigenvalue weighted by Gasteiger charge is -2.36. The van der Waals surface area contributed by atoms with E-state index in [4.69, 9.17) is 0 Å². The van der Waals surface area contributed by atoms with Crippen molar-refractivity contribution in [2.24, 2.45) is 0 Å². The van der Waals surface area contributed by atoms with Crippen LogP contribution in [-0.2, 0) is 6.42 Å². The molecule has 1 aromatic carbocycles. The minimum atomic E-state index is 0.643. The zero-order valence-corrected chi connectivity index (χ0v) is 9.95. The summed E-state index contributed by atoms with van der Waals surface area (Å²) in [5, 5.41) is 5.16. The monoisotopic (exact) mass is 225 g/mol. The van der Waals surface area contributed by atoms with E-state index in [0.29, 0.717) is 12.0 Å². The smallest absolute Gasteiger partial charge is 0.0486 e. The molecule has 1 aliphatic carbocycles. The van der Waals surface area contributed by atoms with E-state index in [1.807, 2.05) is 4.57 Å². The summed E-state index contributed by atoms with van der Waals surface area (Å²) >= 11 is 0. The van der Waals surface area contributed by atoms with Crippen LogP contribution in [0.2, 0.25) is 0 Å². The van der Waals surface area contributed by atoms with Crippen LogP contribution in [0.4, 0.5) is 0 Å². The molecule has 17 heavy (non-hydrogen) atoms. The van der Waals surface area contributed by atoms with Crippen LogP contribution >= 0.6 is 0 Å². The second kappa shape index (κ2) is 3.36. The van der Waals surface area contributed by atoms with E-state index in [0.717, 1.165) is 0 Å². The molecule has 1 N–H and O–H groups in total. The van der Waals surface area contributed by atoms with Gasteiger partial charge in [-0.2, -0.15) is 0 Å². The summed E-state index contributed by atoms with van der Waals surface area (Å²) in [4.78, 5) is 0. The van der Waals surface area contributed by atoms with Crippen LogP contribution in [0.15, 0.2) is 24.4 Å². The fraction of sp³-hybridized carbons (Fsp3) is 0.400. The van der Waals surface area contributed by atoms with E-state index in [2.05, 4.69) is 36.8 Å². The fourth-order valence-electron chi connectivity index (χ4n) is 3.71. The molecular formula is C15H17N2. The molecule has 0 spiro atoms. The molecule has 2 nitrogen and oxygen atoms in total. The number of nitrogens with one attached hydrogen (secondary N) is 1. The highest BCUT2D eigenvalue weighted by atomic mass is 15.0. The molecule has 1 aromatic heterocycles. The van der Waals surface area contributed by atoms with Gasteiger partial charge in [-0.3, -0.25) is 0 Å². The third kappa shape index (κ3) is 1.25. The van der Waals surface area contributed by atoms with Gasteiger partial charge in [-0.1, -0.05) is 12.1 Å². The molecule has 2 heteroatoms. The second-order valence-corrected chi connectivity index (χ2v) is 5.38. The van der Waals surface area contributed by atoms with Crippen LogP contribution in [0.25, 0.3) is 10.9 Å². The lowest BCUT2D eigenvalue weighted by molar-refractivity contribution is 0.345. The van der Waals surface area contributed by atoms with Crippen molar-refractivity contribution in [1.82, 2.24) is 9.88 Å². The van der Waals surface area contributed by atoms with Gasteiger partial charge < -0.3 is 9.88 Å². The van der Waals surface area contributed by atoms with Crippen molar-refractivity contribution < 1.29 is 0 Å². The number of fused-ring (bicyclic) bond motifs is 2. The van der Waals surface area contributed by atoms with E-state index < -0.39 is 0 Å². The largest absolute Gasteiger partial charge is 0.345 e. The Morgan fingerprint density at radius 1 is 1.35 bits per heavy atom. The molecule has 87 valence electrons. The minimum absolute atomic E-state index is 0.643. The van der Waals surface area contributed by atoms with Crippen molar-refractivity contribution in [2.45, 2.75) is 31.2 Å². The Bertz CT molecular complexity index is 582. The number of hydrogen-bond acceptors (Lipinski definition) is 1. The van der Waals surface area contributed by atoms with Gasteiger partial charge in [-0.25, -0.2) is 0 Å². The van der Waals surface area contributed by atoms with Crippen molar-refractivity contribution in [1.29, 1.82) is 0 Å². The zero-order chi connectivity index (χ0) is 11.4. The second-order valence-electron chi connectivity index (χ2n) is 5.38. The summed E-state index contributed by atoms with van der Waals surface area (Å²) < 4.78 is 2.03. The molecule has 0 unspecified atom stereocenters. The predicted molar refractivity (Wildman–Crippen MR) is 70.2 cm³/mol. The zero-order valence-electron chi connectivity index (χ0n) is 9.95. The topological polar surface area (TPSA) is 17.0 Å². The van der Waals surface area contributed by atoms with Crippen molar-refractivity contribution in [2.75, 3.05) is 6.54 Å². The van der Waals surface area contributed by atoms with Crippen molar-refractivity contribution in [3.63, 3.8) is 0 Å². The maximum atomic E-state index is 4.10. The van der Waals surface area contributed by atoms with Gasteiger partial charge in [0.1, 0.15) is 0 Å². The molecule has 2 aliphatic rings. The summed E-state index contributed by atoms with van der Waals surface area (Å²) in [7, 11) is 4.10. The quantitative estimate of drug-likeness (QED) is 0.729. The number of hydrogen-bond donors (Lipinski definition) is 1. The molecule has 1 fully saturated rings. The number of nitrogens with zero attached hydrogens (tertiary/aromatic N) is 1. The van der Waals surface area contributed by atoms with Gasteiger partial charge >= 0.3 is 0 Å². The highest BCUT2D eigenvalue weighted by Crippen LogP contribution is 2.41. The number of aromatic nitrogens is 1. The average Bonchev–Trinajstić information content (AvgIpc) is 2.68. The Morgan fingerprint density at radius 2 is 2.29 bits per heavy atom. The van der Waals surface area contributed by atoms with Crippen LogP contribution < -0.4 is 5.32 Å². The first-order valence-electron chi connectivity index (χ1n) is 6.52. The van der Waals surface area contributed by atoms with E-state index in [9.17, 15) is 0 Å².